The second kappa shape index (κ2) is 7.40. The van der Waals surface area contributed by atoms with Crippen LogP contribution in [-0.4, -0.2) is 25.5 Å². The molecule has 2 N–H and O–H groups in total. The van der Waals surface area contributed by atoms with Crippen molar-refractivity contribution in [2.45, 2.75) is 31.0 Å². The summed E-state index contributed by atoms with van der Waals surface area (Å²) in [7, 11) is -4.04. The fourth-order valence-electron chi connectivity index (χ4n) is 2.23. The molecular weight excluding hydrogens is 358 g/mol. The minimum Gasteiger partial charge on any atom is -0.480 e. The first kappa shape index (κ1) is 19.2. The van der Waals surface area contributed by atoms with Crippen LogP contribution in [0.1, 0.15) is 25.0 Å². The van der Waals surface area contributed by atoms with Gasteiger partial charge in [-0.15, -0.1) is 17.8 Å². The van der Waals surface area contributed by atoms with Crippen molar-refractivity contribution in [3.8, 4) is 22.8 Å². The lowest BCUT2D eigenvalue weighted by atomic mass is 10.1. The van der Waals surface area contributed by atoms with Crippen LogP contribution in [-0.2, 0) is 14.8 Å². The molecule has 1 aromatic carbocycles. The van der Waals surface area contributed by atoms with Gasteiger partial charge in [0.15, 0.2) is 4.21 Å². The zero-order chi connectivity index (χ0) is 18.8. The molecular formula is C18H19NO4S2. The van der Waals surface area contributed by atoms with Crippen LogP contribution in [0, 0.1) is 25.2 Å². The van der Waals surface area contributed by atoms with Gasteiger partial charge in [0.25, 0.3) is 10.0 Å². The Kier molecular flexibility index (Phi) is 5.68. The third-order valence-corrected chi connectivity index (χ3v) is 6.81. The number of hydrogen-bond acceptors (Lipinski definition) is 4. The van der Waals surface area contributed by atoms with Gasteiger partial charge in [-0.05, 0) is 24.5 Å². The number of hydrogen-bond donors (Lipinski definition) is 2. The number of carboxylic acids is 1. The molecule has 0 saturated heterocycles. The average molecular weight is 377 g/mol. The Labute approximate surface area is 151 Å². The molecule has 1 heterocycles. The molecule has 1 unspecified atom stereocenters. The van der Waals surface area contributed by atoms with Crippen LogP contribution in [0.15, 0.2) is 34.5 Å². The van der Waals surface area contributed by atoms with Crippen molar-refractivity contribution in [3.63, 3.8) is 0 Å². The van der Waals surface area contributed by atoms with Crippen LogP contribution in [0.4, 0.5) is 0 Å². The lowest BCUT2D eigenvalue weighted by Gasteiger charge is -2.17. The van der Waals surface area contributed by atoms with Gasteiger partial charge in [-0.3, -0.25) is 4.79 Å². The third kappa shape index (κ3) is 4.28. The van der Waals surface area contributed by atoms with E-state index in [0.29, 0.717) is 4.88 Å². The molecule has 0 aliphatic carbocycles. The van der Waals surface area contributed by atoms with Gasteiger partial charge in [0.1, 0.15) is 6.04 Å². The smallest absolute Gasteiger partial charge is 0.322 e. The summed E-state index contributed by atoms with van der Waals surface area (Å²) in [5.41, 5.74) is 2.17. The number of aliphatic carboxylic acids is 1. The predicted octanol–water partition coefficient (Wildman–Crippen LogP) is 3.09. The van der Waals surface area contributed by atoms with Gasteiger partial charge in [0.2, 0.25) is 0 Å². The van der Waals surface area contributed by atoms with Gasteiger partial charge in [0, 0.05) is 4.88 Å². The van der Waals surface area contributed by atoms with Crippen LogP contribution in [0.25, 0.3) is 10.4 Å². The molecule has 0 amide bonds. The molecule has 0 spiro atoms. The number of thiophene rings is 1. The van der Waals surface area contributed by atoms with Crippen LogP contribution in [0.2, 0.25) is 0 Å². The molecule has 2 aromatic rings. The fraction of sp³-hybridized carbons (Fsp3) is 0.278. The van der Waals surface area contributed by atoms with E-state index < -0.39 is 28.0 Å². The lowest BCUT2D eigenvalue weighted by molar-refractivity contribution is -0.140. The van der Waals surface area contributed by atoms with Gasteiger partial charge in [-0.2, -0.15) is 4.72 Å². The van der Waals surface area contributed by atoms with Crippen LogP contribution >= 0.6 is 11.3 Å². The first-order chi connectivity index (χ1) is 11.7. The van der Waals surface area contributed by atoms with Crippen LogP contribution in [0.3, 0.4) is 0 Å². The molecule has 132 valence electrons. The summed E-state index contributed by atoms with van der Waals surface area (Å²) in [5.74, 6) is 0.748. The van der Waals surface area contributed by atoms with E-state index in [1.54, 1.807) is 19.9 Å². The number of benzene rings is 1. The average Bonchev–Trinajstić information content (AvgIpc) is 2.98. The zero-order valence-electron chi connectivity index (χ0n) is 14.1. The van der Waals surface area contributed by atoms with Crippen molar-refractivity contribution in [1.29, 1.82) is 0 Å². The maximum atomic E-state index is 12.7. The minimum atomic E-state index is -4.04. The van der Waals surface area contributed by atoms with Crippen molar-refractivity contribution in [2.24, 2.45) is 5.92 Å². The van der Waals surface area contributed by atoms with Crippen molar-refractivity contribution in [2.75, 3.05) is 0 Å². The van der Waals surface area contributed by atoms with Gasteiger partial charge in [-0.25, -0.2) is 8.42 Å². The molecule has 0 fully saturated rings. The highest BCUT2D eigenvalue weighted by molar-refractivity contribution is 7.91. The third-order valence-electron chi connectivity index (χ3n) is 3.65. The Hall–Kier alpha value is -2.14. The minimum absolute atomic E-state index is 0.0440. The van der Waals surface area contributed by atoms with Crippen molar-refractivity contribution in [3.05, 3.63) is 41.5 Å². The standard InChI is InChI=1S/C18H19NO4S2/c1-5-13-10-15(14-8-6-12(4)7-9-14)24-18(13)25(22,23)19-16(11(2)3)17(20)21/h1,6-11,16,19H,2-4H3,(H,20,21). The van der Waals surface area contributed by atoms with Gasteiger partial charge in [-0.1, -0.05) is 49.6 Å². The van der Waals surface area contributed by atoms with Crippen LogP contribution in [0.5, 0.6) is 0 Å². The summed E-state index contributed by atoms with van der Waals surface area (Å²) >= 11 is 1.03. The van der Waals surface area contributed by atoms with E-state index in [-0.39, 0.29) is 9.77 Å². The summed E-state index contributed by atoms with van der Waals surface area (Å²) in [6.07, 6.45) is 5.46. The first-order valence-corrected chi connectivity index (χ1v) is 9.88. The van der Waals surface area contributed by atoms with Crippen LogP contribution < -0.4 is 4.72 Å². The molecule has 5 nitrogen and oxygen atoms in total. The van der Waals surface area contributed by atoms with E-state index in [1.807, 2.05) is 31.2 Å². The zero-order valence-corrected chi connectivity index (χ0v) is 15.7. The quantitative estimate of drug-likeness (QED) is 0.758. The fourth-order valence-corrected chi connectivity index (χ4v) is 5.16. The molecule has 1 aromatic heterocycles. The monoisotopic (exact) mass is 377 g/mol. The number of terminal acetylenes is 1. The maximum absolute atomic E-state index is 12.7. The van der Waals surface area contributed by atoms with E-state index in [4.69, 9.17) is 6.42 Å². The Balaban J connectivity index is 2.46. The molecule has 0 aliphatic heterocycles. The summed E-state index contributed by atoms with van der Waals surface area (Å²) < 4.78 is 27.5. The van der Waals surface area contributed by atoms with E-state index in [2.05, 4.69) is 10.6 Å². The Bertz CT molecular complexity index is 919. The number of sulfonamides is 1. The van der Waals surface area contributed by atoms with Crippen molar-refractivity contribution < 1.29 is 18.3 Å². The van der Waals surface area contributed by atoms with E-state index >= 15 is 0 Å². The molecule has 0 aliphatic rings. The largest absolute Gasteiger partial charge is 0.480 e. The lowest BCUT2D eigenvalue weighted by Crippen LogP contribution is -2.44. The number of aryl methyl sites for hydroxylation is 1. The first-order valence-electron chi connectivity index (χ1n) is 7.58. The molecule has 25 heavy (non-hydrogen) atoms. The summed E-state index contributed by atoms with van der Waals surface area (Å²) in [6, 6.07) is 8.04. The number of rotatable bonds is 6. The van der Waals surface area contributed by atoms with Crippen molar-refractivity contribution in [1.82, 2.24) is 4.72 Å². The molecule has 7 heteroatoms. The summed E-state index contributed by atoms with van der Waals surface area (Å²) in [4.78, 5) is 12.0. The normalized spacial score (nSPS) is 12.8. The predicted molar refractivity (Wildman–Crippen MR) is 99.0 cm³/mol. The highest BCUT2D eigenvalue weighted by Gasteiger charge is 2.30. The number of nitrogens with one attached hydrogen (secondary N) is 1. The second-order valence-corrected chi connectivity index (χ2v) is 8.96. The van der Waals surface area contributed by atoms with Gasteiger partial charge in [0.05, 0.1) is 5.56 Å². The SMILES string of the molecule is C#Cc1cc(-c2ccc(C)cc2)sc1S(=O)(=O)NC(C(=O)O)C(C)C. The molecule has 0 radical (unpaired) electrons. The molecule has 0 saturated carbocycles. The van der Waals surface area contributed by atoms with Gasteiger partial charge >= 0.3 is 5.97 Å². The second-order valence-electron chi connectivity index (χ2n) is 6.00. The van der Waals surface area contributed by atoms with Crippen molar-refractivity contribution >= 4 is 27.3 Å². The van der Waals surface area contributed by atoms with E-state index in [0.717, 1.165) is 22.5 Å². The number of carbonyl (C=O) groups is 1. The molecule has 1 atom stereocenters. The highest BCUT2D eigenvalue weighted by atomic mass is 32.2. The summed E-state index contributed by atoms with van der Waals surface area (Å²) in [5, 5.41) is 9.23. The Morgan fingerprint density at radius 2 is 1.88 bits per heavy atom. The molecule has 2 rings (SSSR count). The van der Waals surface area contributed by atoms with Gasteiger partial charge < -0.3 is 5.11 Å². The topological polar surface area (TPSA) is 83.5 Å². The molecule has 0 bridgehead atoms. The summed E-state index contributed by atoms with van der Waals surface area (Å²) in [6.45, 7) is 5.23. The number of carboxylic acid groups (broad SMARTS) is 1. The highest BCUT2D eigenvalue weighted by Crippen LogP contribution is 2.34. The Morgan fingerprint density at radius 3 is 2.36 bits per heavy atom. The Morgan fingerprint density at radius 1 is 1.28 bits per heavy atom. The van der Waals surface area contributed by atoms with E-state index in [1.165, 1.54) is 0 Å². The van der Waals surface area contributed by atoms with E-state index in [9.17, 15) is 18.3 Å². The maximum Gasteiger partial charge on any atom is 0.322 e.